The van der Waals surface area contributed by atoms with Crippen molar-refractivity contribution in [2.24, 2.45) is 5.92 Å². The highest BCUT2D eigenvalue weighted by molar-refractivity contribution is 6.35. The maximum Gasteiger partial charge on any atom is 0.289 e. The standard InChI is InChI=1S/C22H31ClN4O5/c1-14(28)22(30)27-5-3-15(4-6-27)12-26-7-8-32-16(13-26)11-25-21(29)17-9-18(23)19(24)10-20(17)31-2/h9-10,15-16H,3-8,11-13,24H2,1-2H3,(H,25,29). The number of nitrogen functional groups attached to an aromatic ring is 1. The average molecular weight is 467 g/mol. The van der Waals surface area contributed by atoms with Gasteiger partial charge in [-0.1, -0.05) is 11.6 Å². The largest absolute Gasteiger partial charge is 0.496 e. The highest BCUT2D eigenvalue weighted by Gasteiger charge is 2.28. The van der Waals surface area contributed by atoms with Gasteiger partial charge < -0.3 is 25.4 Å². The van der Waals surface area contributed by atoms with Gasteiger partial charge in [0.2, 0.25) is 5.78 Å². The van der Waals surface area contributed by atoms with Crippen LogP contribution in [-0.2, 0) is 14.3 Å². The van der Waals surface area contributed by atoms with Gasteiger partial charge in [-0.2, -0.15) is 0 Å². The number of carbonyl (C=O) groups excluding carboxylic acids is 3. The van der Waals surface area contributed by atoms with Crippen molar-refractivity contribution in [1.29, 1.82) is 0 Å². The monoisotopic (exact) mass is 466 g/mol. The number of hydrogen-bond acceptors (Lipinski definition) is 7. The second kappa shape index (κ2) is 11.0. The summed E-state index contributed by atoms with van der Waals surface area (Å²) in [6.45, 7) is 5.99. The zero-order valence-electron chi connectivity index (χ0n) is 18.6. The number of ketones is 1. The van der Waals surface area contributed by atoms with E-state index in [-0.39, 0.29) is 17.9 Å². The minimum Gasteiger partial charge on any atom is -0.496 e. The van der Waals surface area contributed by atoms with Crippen molar-refractivity contribution in [3.63, 3.8) is 0 Å². The van der Waals surface area contributed by atoms with E-state index in [2.05, 4.69) is 10.2 Å². The second-order valence-corrected chi connectivity index (χ2v) is 8.74. The SMILES string of the molecule is COc1cc(N)c(Cl)cc1C(=O)NCC1CN(CC2CCN(C(=O)C(C)=O)CC2)CCO1. The van der Waals surface area contributed by atoms with Gasteiger partial charge in [0.05, 0.1) is 36.1 Å². The van der Waals surface area contributed by atoms with E-state index < -0.39 is 5.78 Å². The lowest BCUT2D eigenvalue weighted by Crippen LogP contribution is -2.50. The summed E-state index contributed by atoms with van der Waals surface area (Å²) in [7, 11) is 1.47. The van der Waals surface area contributed by atoms with Crippen LogP contribution in [0.15, 0.2) is 12.1 Å². The first-order valence-electron chi connectivity index (χ1n) is 10.8. The lowest BCUT2D eigenvalue weighted by molar-refractivity contribution is -0.144. The van der Waals surface area contributed by atoms with Crippen LogP contribution in [0.25, 0.3) is 0 Å². The Morgan fingerprint density at radius 1 is 1.25 bits per heavy atom. The molecule has 0 aromatic heterocycles. The lowest BCUT2D eigenvalue weighted by atomic mass is 9.95. The first kappa shape index (κ1) is 24.3. The zero-order chi connectivity index (χ0) is 23.3. The summed E-state index contributed by atoms with van der Waals surface area (Å²) in [5, 5.41) is 3.20. The molecule has 2 heterocycles. The number of anilines is 1. The van der Waals surface area contributed by atoms with E-state index in [1.54, 1.807) is 4.90 Å². The van der Waals surface area contributed by atoms with Crippen molar-refractivity contribution in [3.8, 4) is 5.75 Å². The van der Waals surface area contributed by atoms with Crippen LogP contribution in [0.1, 0.15) is 30.1 Å². The first-order valence-corrected chi connectivity index (χ1v) is 11.2. The summed E-state index contributed by atoms with van der Waals surface area (Å²) in [6, 6.07) is 3.04. The van der Waals surface area contributed by atoms with Crippen molar-refractivity contribution in [3.05, 3.63) is 22.7 Å². The molecule has 32 heavy (non-hydrogen) atoms. The number of nitrogens with zero attached hydrogens (tertiary/aromatic N) is 2. The van der Waals surface area contributed by atoms with Crippen molar-refractivity contribution >= 4 is 34.9 Å². The molecule has 3 N–H and O–H groups in total. The van der Waals surface area contributed by atoms with Crippen LogP contribution in [-0.4, -0.2) is 86.5 Å². The van der Waals surface area contributed by atoms with Crippen LogP contribution in [0, 0.1) is 5.92 Å². The van der Waals surface area contributed by atoms with E-state index in [0.29, 0.717) is 60.7 Å². The summed E-state index contributed by atoms with van der Waals surface area (Å²) in [5.74, 6) is -0.247. The van der Waals surface area contributed by atoms with E-state index in [0.717, 1.165) is 25.9 Å². The molecule has 0 radical (unpaired) electrons. The van der Waals surface area contributed by atoms with Crippen LogP contribution < -0.4 is 15.8 Å². The van der Waals surface area contributed by atoms with Crippen molar-refractivity contribution in [1.82, 2.24) is 15.1 Å². The molecule has 2 saturated heterocycles. The number of benzene rings is 1. The second-order valence-electron chi connectivity index (χ2n) is 8.33. The molecule has 2 fully saturated rings. The maximum atomic E-state index is 12.6. The quantitative estimate of drug-likeness (QED) is 0.458. The molecule has 1 unspecified atom stereocenters. The average Bonchev–Trinajstić information content (AvgIpc) is 2.79. The summed E-state index contributed by atoms with van der Waals surface area (Å²) in [5.41, 5.74) is 6.46. The van der Waals surface area contributed by atoms with Crippen LogP contribution in [0.3, 0.4) is 0 Å². The van der Waals surface area contributed by atoms with Gasteiger partial charge in [0.1, 0.15) is 5.75 Å². The number of likely N-dealkylation sites (tertiary alicyclic amines) is 1. The third kappa shape index (κ3) is 6.11. The van der Waals surface area contributed by atoms with Gasteiger partial charge in [0.25, 0.3) is 11.8 Å². The van der Waals surface area contributed by atoms with Crippen LogP contribution >= 0.6 is 11.6 Å². The lowest BCUT2D eigenvalue weighted by Gasteiger charge is -2.38. The molecule has 3 rings (SSSR count). The Labute approximate surface area is 193 Å². The Hall–Kier alpha value is -2.36. The highest BCUT2D eigenvalue weighted by Crippen LogP contribution is 2.28. The minimum absolute atomic E-state index is 0.123. The minimum atomic E-state index is -0.402. The van der Waals surface area contributed by atoms with E-state index >= 15 is 0 Å². The number of nitrogens with two attached hydrogens (primary N) is 1. The molecule has 0 saturated carbocycles. The molecule has 2 amide bonds. The summed E-state index contributed by atoms with van der Waals surface area (Å²) < 4.78 is 11.1. The fourth-order valence-electron chi connectivity index (χ4n) is 4.19. The Kier molecular flexibility index (Phi) is 8.33. The first-order chi connectivity index (χ1) is 15.3. The van der Waals surface area contributed by atoms with Crippen LogP contribution in [0.5, 0.6) is 5.75 Å². The topological polar surface area (TPSA) is 114 Å². The number of ether oxygens (including phenoxy) is 2. The fraction of sp³-hybridized carbons (Fsp3) is 0.591. The molecule has 1 atom stereocenters. The Morgan fingerprint density at radius 3 is 2.62 bits per heavy atom. The number of morpholine rings is 1. The number of amides is 2. The molecule has 176 valence electrons. The summed E-state index contributed by atoms with van der Waals surface area (Å²) in [4.78, 5) is 39.8. The third-order valence-corrected chi connectivity index (χ3v) is 6.32. The van der Waals surface area contributed by atoms with E-state index in [4.69, 9.17) is 26.8 Å². The number of piperidine rings is 1. The van der Waals surface area contributed by atoms with Crippen molar-refractivity contribution in [2.75, 3.05) is 58.7 Å². The number of carbonyl (C=O) groups is 3. The van der Waals surface area contributed by atoms with Gasteiger partial charge in [0, 0.05) is 52.3 Å². The molecule has 0 aliphatic carbocycles. The molecule has 0 bridgehead atoms. The Morgan fingerprint density at radius 2 is 1.97 bits per heavy atom. The maximum absolute atomic E-state index is 12.6. The molecule has 10 heteroatoms. The van der Waals surface area contributed by atoms with E-state index in [9.17, 15) is 14.4 Å². The van der Waals surface area contributed by atoms with Gasteiger partial charge in [-0.05, 0) is 24.8 Å². The molecule has 9 nitrogen and oxygen atoms in total. The number of methoxy groups -OCH3 is 1. The fourth-order valence-corrected chi connectivity index (χ4v) is 4.36. The van der Waals surface area contributed by atoms with Crippen molar-refractivity contribution in [2.45, 2.75) is 25.9 Å². The number of rotatable bonds is 7. The molecule has 2 aliphatic heterocycles. The predicted octanol–water partition coefficient (Wildman–Crippen LogP) is 1.19. The Balaban J connectivity index is 1.47. The zero-order valence-corrected chi connectivity index (χ0v) is 19.3. The van der Waals surface area contributed by atoms with Gasteiger partial charge >= 0.3 is 0 Å². The van der Waals surface area contributed by atoms with Crippen molar-refractivity contribution < 1.29 is 23.9 Å². The molecule has 2 aliphatic rings. The number of nitrogens with one attached hydrogen (secondary N) is 1. The van der Waals surface area contributed by atoms with Gasteiger partial charge in [-0.15, -0.1) is 0 Å². The predicted molar refractivity (Wildman–Crippen MR) is 121 cm³/mol. The van der Waals surface area contributed by atoms with Crippen LogP contribution in [0.2, 0.25) is 5.02 Å². The third-order valence-electron chi connectivity index (χ3n) is 6.00. The Bertz CT molecular complexity index is 857. The van der Waals surface area contributed by atoms with Gasteiger partial charge in [0.15, 0.2) is 0 Å². The van der Waals surface area contributed by atoms with E-state index in [1.165, 1.54) is 26.2 Å². The van der Waals surface area contributed by atoms with E-state index in [1.807, 2.05) is 0 Å². The molecular formula is C22H31ClN4O5. The van der Waals surface area contributed by atoms with Crippen LogP contribution in [0.4, 0.5) is 5.69 Å². The molecule has 1 aromatic carbocycles. The number of hydrogen-bond donors (Lipinski definition) is 2. The normalized spacial score (nSPS) is 20.1. The summed E-state index contributed by atoms with van der Waals surface area (Å²) in [6.07, 6.45) is 1.65. The smallest absolute Gasteiger partial charge is 0.289 e. The number of Topliss-reactive ketones (excluding diaryl/α,β-unsaturated/α-hetero) is 1. The highest BCUT2D eigenvalue weighted by atomic mass is 35.5. The molecule has 1 aromatic rings. The van der Waals surface area contributed by atoms with Gasteiger partial charge in [-0.25, -0.2) is 0 Å². The molecular weight excluding hydrogens is 436 g/mol. The number of halogens is 1. The van der Waals surface area contributed by atoms with Gasteiger partial charge in [-0.3, -0.25) is 19.3 Å². The summed E-state index contributed by atoms with van der Waals surface area (Å²) >= 11 is 6.06. The molecule has 0 spiro atoms.